The van der Waals surface area contributed by atoms with Crippen molar-refractivity contribution in [3.8, 4) is 0 Å². The van der Waals surface area contributed by atoms with Crippen molar-refractivity contribution in [1.82, 2.24) is 9.62 Å². The van der Waals surface area contributed by atoms with Gasteiger partial charge in [0, 0.05) is 26.2 Å². The summed E-state index contributed by atoms with van der Waals surface area (Å²) >= 11 is 0. The molecule has 5 nitrogen and oxygen atoms in total. The molecule has 0 aliphatic heterocycles. The van der Waals surface area contributed by atoms with Crippen LogP contribution in [0.5, 0.6) is 0 Å². The first-order valence-corrected chi connectivity index (χ1v) is 9.11. The fraction of sp³-hybridized carbons (Fsp3) is 0.278. The van der Waals surface area contributed by atoms with Crippen LogP contribution < -0.4 is 5.32 Å². The summed E-state index contributed by atoms with van der Waals surface area (Å²) in [6, 6.07) is 14.2. The maximum atomic E-state index is 12.2. The molecule has 0 aromatic heterocycles. The molecule has 0 spiro atoms. The standard InChI is InChI=1S/C18H22N2O3S/c1-14-6-4-7-15(12-14)10-11-19-18(21)16-8-5-9-17(13-16)24(22,23)20(2)3/h4-9,12-13H,10-11H2,1-3H3,(H,19,21). The van der Waals surface area contributed by atoms with E-state index in [1.165, 1.54) is 31.8 Å². The minimum Gasteiger partial charge on any atom is -0.352 e. The summed E-state index contributed by atoms with van der Waals surface area (Å²) in [6.07, 6.45) is 0.725. The van der Waals surface area contributed by atoms with E-state index >= 15 is 0 Å². The molecule has 0 fully saturated rings. The Labute approximate surface area is 143 Å². The third-order valence-corrected chi connectivity index (χ3v) is 5.47. The molecule has 2 aromatic rings. The number of hydrogen-bond acceptors (Lipinski definition) is 3. The van der Waals surface area contributed by atoms with Crippen LogP contribution in [0.2, 0.25) is 0 Å². The summed E-state index contributed by atoms with van der Waals surface area (Å²) in [5.74, 6) is -0.279. The van der Waals surface area contributed by atoms with Gasteiger partial charge in [-0.2, -0.15) is 0 Å². The molecule has 0 atom stereocenters. The topological polar surface area (TPSA) is 66.5 Å². The third-order valence-electron chi connectivity index (χ3n) is 3.66. The van der Waals surface area contributed by atoms with Gasteiger partial charge in [-0.1, -0.05) is 35.9 Å². The fourth-order valence-electron chi connectivity index (χ4n) is 2.30. The number of nitrogens with one attached hydrogen (secondary N) is 1. The SMILES string of the molecule is Cc1cccc(CCNC(=O)c2cccc(S(=O)(=O)N(C)C)c2)c1. The Hall–Kier alpha value is -2.18. The molecule has 0 aliphatic rings. The van der Waals surface area contributed by atoms with Gasteiger partial charge >= 0.3 is 0 Å². The molecule has 2 aromatic carbocycles. The zero-order valence-corrected chi connectivity index (χ0v) is 14.9. The first-order chi connectivity index (χ1) is 11.3. The lowest BCUT2D eigenvalue weighted by atomic mass is 10.1. The van der Waals surface area contributed by atoms with Gasteiger partial charge in [0.1, 0.15) is 0 Å². The second-order valence-electron chi connectivity index (χ2n) is 5.81. The predicted octanol–water partition coefficient (Wildman–Crippen LogP) is 2.22. The van der Waals surface area contributed by atoms with E-state index in [9.17, 15) is 13.2 Å². The molecule has 0 radical (unpaired) electrons. The normalized spacial score (nSPS) is 11.5. The van der Waals surface area contributed by atoms with E-state index in [1.54, 1.807) is 12.1 Å². The summed E-state index contributed by atoms with van der Waals surface area (Å²) in [4.78, 5) is 12.3. The van der Waals surface area contributed by atoms with Crippen LogP contribution >= 0.6 is 0 Å². The van der Waals surface area contributed by atoms with Gasteiger partial charge in [0.2, 0.25) is 10.0 Å². The Morgan fingerprint density at radius 3 is 2.46 bits per heavy atom. The average Bonchev–Trinajstić information content (AvgIpc) is 2.55. The van der Waals surface area contributed by atoms with Gasteiger partial charge in [-0.15, -0.1) is 0 Å². The highest BCUT2D eigenvalue weighted by Crippen LogP contribution is 2.15. The van der Waals surface area contributed by atoms with E-state index in [1.807, 2.05) is 25.1 Å². The van der Waals surface area contributed by atoms with E-state index in [0.717, 1.165) is 16.3 Å². The minimum atomic E-state index is -3.55. The van der Waals surface area contributed by atoms with Crippen LogP contribution in [-0.2, 0) is 16.4 Å². The summed E-state index contributed by atoms with van der Waals surface area (Å²) in [6.45, 7) is 2.52. The molecule has 0 saturated heterocycles. The van der Waals surface area contributed by atoms with Gasteiger partial charge in [-0.25, -0.2) is 12.7 Å². The molecule has 0 unspecified atom stereocenters. The first kappa shape index (κ1) is 18.2. The highest BCUT2D eigenvalue weighted by molar-refractivity contribution is 7.89. The number of hydrogen-bond donors (Lipinski definition) is 1. The Bertz CT molecular complexity index is 830. The predicted molar refractivity (Wildman–Crippen MR) is 94.5 cm³/mol. The van der Waals surface area contributed by atoms with Crippen molar-refractivity contribution in [3.63, 3.8) is 0 Å². The molecular weight excluding hydrogens is 324 g/mol. The number of carbonyl (C=O) groups is 1. The van der Waals surface area contributed by atoms with Gasteiger partial charge in [-0.3, -0.25) is 4.79 Å². The monoisotopic (exact) mass is 346 g/mol. The molecule has 6 heteroatoms. The van der Waals surface area contributed by atoms with Gasteiger partial charge in [-0.05, 0) is 37.1 Å². The Balaban J connectivity index is 2.03. The van der Waals surface area contributed by atoms with E-state index in [2.05, 4.69) is 11.4 Å². The number of nitrogens with zero attached hydrogens (tertiary/aromatic N) is 1. The summed E-state index contributed by atoms with van der Waals surface area (Å²) < 4.78 is 25.4. The van der Waals surface area contributed by atoms with Gasteiger partial charge in [0.15, 0.2) is 0 Å². The molecule has 2 rings (SSSR count). The lowest BCUT2D eigenvalue weighted by Gasteiger charge is -2.12. The quantitative estimate of drug-likeness (QED) is 0.872. The second kappa shape index (κ2) is 7.59. The lowest BCUT2D eigenvalue weighted by Crippen LogP contribution is -2.26. The maximum Gasteiger partial charge on any atom is 0.251 e. The van der Waals surface area contributed by atoms with E-state index in [0.29, 0.717) is 12.1 Å². The van der Waals surface area contributed by atoms with Crippen molar-refractivity contribution in [2.24, 2.45) is 0 Å². The second-order valence-corrected chi connectivity index (χ2v) is 7.96. The van der Waals surface area contributed by atoms with Crippen molar-refractivity contribution in [2.75, 3.05) is 20.6 Å². The molecule has 0 saturated carbocycles. The van der Waals surface area contributed by atoms with Crippen LogP contribution in [0.3, 0.4) is 0 Å². The van der Waals surface area contributed by atoms with Crippen LogP contribution in [0.4, 0.5) is 0 Å². The van der Waals surface area contributed by atoms with Crippen LogP contribution in [0.15, 0.2) is 53.4 Å². The molecular formula is C18H22N2O3S. The van der Waals surface area contributed by atoms with E-state index in [-0.39, 0.29) is 10.8 Å². The number of aryl methyl sites for hydroxylation is 1. The van der Waals surface area contributed by atoms with Crippen LogP contribution in [0.1, 0.15) is 21.5 Å². The summed E-state index contributed by atoms with van der Waals surface area (Å²) in [5.41, 5.74) is 2.67. The summed E-state index contributed by atoms with van der Waals surface area (Å²) in [7, 11) is -0.623. The highest BCUT2D eigenvalue weighted by Gasteiger charge is 2.18. The number of carbonyl (C=O) groups excluding carboxylic acids is 1. The molecule has 24 heavy (non-hydrogen) atoms. The number of amides is 1. The Morgan fingerprint density at radius 1 is 1.08 bits per heavy atom. The average molecular weight is 346 g/mol. The zero-order valence-electron chi connectivity index (χ0n) is 14.1. The molecule has 1 amide bonds. The zero-order chi connectivity index (χ0) is 17.7. The van der Waals surface area contributed by atoms with Crippen molar-refractivity contribution < 1.29 is 13.2 Å². The largest absolute Gasteiger partial charge is 0.352 e. The van der Waals surface area contributed by atoms with Crippen LogP contribution in [-0.4, -0.2) is 39.3 Å². The molecule has 128 valence electrons. The van der Waals surface area contributed by atoms with Gasteiger partial charge in [0.25, 0.3) is 5.91 Å². The van der Waals surface area contributed by atoms with Crippen molar-refractivity contribution in [2.45, 2.75) is 18.2 Å². The third kappa shape index (κ3) is 4.43. The number of sulfonamides is 1. The Kier molecular flexibility index (Phi) is 5.75. The first-order valence-electron chi connectivity index (χ1n) is 7.67. The summed E-state index contributed by atoms with van der Waals surface area (Å²) in [5, 5.41) is 2.83. The van der Waals surface area contributed by atoms with E-state index < -0.39 is 10.0 Å². The minimum absolute atomic E-state index is 0.110. The lowest BCUT2D eigenvalue weighted by molar-refractivity contribution is 0.0954. The smallest absolute Gasteiger partial charge is 0.251 e. The maximum absolute atomic E-state index is 12.2. The molecule has 0 aliphatic carbocycles. The number of benzene rings is 2. The van der Waals surface area contributed by atoms with Crippen LogP contribution in [0, 0.1) is 6.92 Å². The van der Waals surface area contributed by atoms with Gasteiger partial charge < -0.3 is 5.32 Å². The van der Waals surface area contributed by atoms with E-state index in [4.69, 9.17) is 0 Å². The molecule has 1 N–H and O–H groups in total. The van der Waals surface area contributed by atoms with Crippen molar-refractivity contribution in [1.29, 1.82) is 0 Å². The van der Waals surface area contributed by atoms with Crippen LogP contribution in [0.25, 0.3) is 0 Å². The van der Waals surface area contributed by atoms with Crippen molar-refractivity contribution in [3.05, 3.63) is 65.2 Å². The van der Waals surface area contributed by atoms with Crippen molar-refractivity contribution >= 4 is 15.9 Å². The number of rotatable bonds is 6. The Morgan fingerprint density at radius 2 is 1.79 bits per heavy atom. The molecule has 0 bridgehead atoms. The fourth-order valence-corrected chi connectivity index (χ4v) is 3.25. The van der Waals surface area contributed by atoms with Gasteiger partial charge in [0.05, 0.1) is 4.90 Å². The highest BCUT2D eigenvalue weighted by atomic mass is 32.2. The molecule has 0 heterocycles.